The van der Waals surface area contributed by atoms with Crippen molar-refractivity contribution in [2.45, 2.75) is 30.6 Å². The Morgan fingerprint density at radius 3 is 1.36 bits per heavy atom. The third-order valence-electron chi connectivity index (χ3n) is 3.44. The summed E-state index contributed by atoms with van der Waals surface area (Å²) in [4.78, 5) is 1.69. The van der Waals surface area contributed by atoms with Crippen molar-refractivity contribution < 1.29 is 8.42 Å². The van der Waals surface area contributed by atoms with E-state index in [0.29, 0.717) is 11.5 Å². The highest BCUT2D eigenvalue weighted by Crippen LogP contribution is 2.15. The number of aryl methyl sites for hydroxylation is 2. The van der Waals surface area contributed by atoms with Crippen molar-refractivity contribution in [1.82, 2.24) is 0 Å². The van der Waals surface area contributed by atoms with Crippen molar-refractivity contribution in [3.63, 3.8) is 0 Å². The van der Waals surface area contributed by atoms with E-state index in [1.807, 2.05) is 69.3 Å². The van der Waals surface area contributed by atoms with Gasteiger partial charge in [0.05, 0.1) is 21.6 Å². The van der Waals surface area contributed by atoms with Crippen LogP contribution in [0.5, 0.6) is 0 Å². The molecular weight excluding hydrogens is 312 g/mol. The Balaban J connectivity index is 1.93. The molecule has 2 aromatic carbocycles. The molecule has 0 heterocycles. The van der Waals surface area contributed by atoms with Gasteiger partial charge in [-0.3, -0.25) is 8.42 Å². The first-order valence-electron chi connectivity index (χ1n) is 7.36. The van der Waals surface area contributed by atoms with Crippen LogP contribution in [0.3, 0.4) is 0 Å². The molecule has 22 heavy (non-hydrogen) atoms. The zero-order valence-electron chi connectivity index (χ0n) is 13.2. The second kappa shape index (κ2) is 7.84. The molecule has 118 valence electrons. The highest BCUT2D eigenvalue weighted by Gasteiger charge is 2.14. The van der Waals surface area contributed by atoms with Gasteiger partial charge in [0.15, 0.2) is 0 Å². The predicted octanol–water partition coefficient (Wildman–Crippen LogP) is 3.85. The van der Waals surface area contributed by atoms with Crippen molar-refractivity contribution in [1.29, 1.82) is 0 Å². The fraction of sp³-hybridized carbons (Fsp3) is 0.333. The lowest BCUT2D eigenvalue weighted by Crippen LogP contribution is -2.15. The van der Waals surface area contributed by atoms with Gasteiger partial charge in [-0.05, 0) is 44.0 Å². The van der Waals surface area contributed by atoms with E-state index in [0.717, 1.165) is 20.9 Å². The molecule has 0 saturated heterocycles. The van der Waals surface area contributed by atoms with Crippen molar-refractivity contribution >= 4 is 21.6 Å². The fourth-order valence-corrected chi connectivity index (χ4v) is 4.82. The first-order chi connectivity index (χ1) is 10.5. The lowest BCUT2D eigenvalue weighted by molar-refractivity contribution is 0.654. The van der Waals surface area contributed by atoms with Crippen LogP contribution in [0.1, 0.15) is 18.1 Å². The smallest absolute Gasteiger partial charge is 0.0532 e. The molecule has 2 atom stereocenters. The molecule has 4 heteroatoms. The van der Waals surface area contributed by atoms with Crippen LogP contribution in [0.25, 0.3) is 0 Å². The molecular formula is C18H22O2S2. The Bertz CT molecular complexity index is 601. The Kier molecular flexibility index (Phi) is 6.09. The summed E-state index contributed by atoms with van der Waals surface area (Å²) in [6.07, 6.45) is 0. The van der Waals surface area contributed by atoms with Gasteiger partial charge in [0.1, 0.15) is 0 Å². The quantitative estimate of drug-likeness (QED) is 0.804. The monoisotopic (exact) mass is 334 g/mol. The first kappa shape index (κ1) is 17.1. The summed E-state index contributed by atoms with van der Waals surface area (Å²) in [6, 6.07) is 15.5. The normalized spacial score (nSPS) is 15.2. The van der Waals surface area contributed by atoms with E-state index in [4.69, 9.17) is 0 Å². The Morgan fingerprint density at radius 1 is 0.727 bits per heavy atom. The molecule has 0 aliphatic carbocycles. The fourth-order valence-electron chi connectivity index (χ4n) is 2.14. The molecule has 0 aliphatic rings. The predicted molar refractivity (Wildman–Crippen MR) is 94.1 cm³/mol. The van der Waals surface area contributed by atoms with Crippen LogP contribution in [-0.4, -0.2) is 19.9 Å². The number of benzene rings is 2. The second-order valence-corrected chi connectivity index (χ2v) is 8.75. The molecule has 0 radical (unpaired) electrons. The lowest BCUT2D eigenvalue weighted by Gasteiger charge is -2.11. The molecule has 0 aromatic heterocycles. The Hall–Kier alpha value is -1.26. The summed E-state index contributed by atoms with van der Waals surface area (Å²) in [5, 5.41) is 0. The van der Waals surface area contributed by atoms with Gasteiger partial charge in [0, 0.05) is 21.3 Å². The van der Waals surface area contributed by atoms with E-state index in [9.17, 15) is 8.42 Å². The number of hydrogen-bond acceptors (Lipinski definition) is 2. The van der Waals surface area contributed by atoms with Crippen molar-refractivity contribution in [2.75, 3.05) is 11.5 Å². The maximum Gasteiger partial charge on any atom is 0.0532 e. The summed E-state index contributed by atoms with van der Waals surface area (Å²) in [5.74, 6) is 1.23. The van der Waals surface area contributed by atoms with Crippen LogP contribution >= 0.6 is 0 Å². The minimum absolute atomic E-state index is 0.143. The van der Waals surface area contributed by atoms with Crippen molar-refractivity contribution in [3.05, 3.63) is 59.7 Å². The van der Waals surface area contributed by atoms with Gasteiger partial charge in [-0.15, -0.1) is 0 Å². The molecule has 0 spiro atoms. The standard InChI is InChI=1S/C18H22O2S2/c1-14-4-8-17(9-5-14)21(19)12-16(3)13-22(20)18-10-6-15(2)7-11-18/h4-11,16H,12-13H2,1-3H3. The van der Waals surface area contributed by atoms with Gasteiger partial charge >= 0.3 is 0 Å². The summed E-state index contributed by atoms with van der Waals surface area (Å²) >= 11 is 0. The molecule has 2 unspecified atom stereocenters. The Labute approximate surface area is 137 Å². The third-order valence-corrected chi connectivity index (χ3v) is 6.78. The molecule has 2 rings (SSSR count). The minimum Gasteiger partial charge on any atom is -0.254 e. The van der Waals surface area contributed by atoms with Crippen LogP contribution in [0.15, 0.2) is 58.3 Å². The van der Waals surface area contributed by atoms with Crippen LogP contribution in [0, 0.1) is 19.8 Å². The molecule has 0 fully saturated rings. The van der Waals surface area contributed by atoms with Gasteiger partial charge in [0.25, 0.3) is 0 Å². The van der Waals surface area contributed by atoms with E-state index in [-0.39, 0.29) is 5.92 Å². The first-order valence-corrected chi connectivity index (χ1v) is 9.99. The van der Waals surface area contributed by atoms with Crippen molar-refractivity contribution in [2.24, 2.45) is 5.92 Å². The van der Waals surface area contributed by atoms with Crippen LogP contribution in [0.4, 0.5) is 0 Å². The average molecular weight is 335 g/mol. The highest BCUT2D eigenvalue weighted by molar-refractivity contribution is 7.86. The van der Waals surface area contributed by atoms with Gasteiger partial charge in [-0.2, -0.15) is 0 Å². The second-order valence-electron chi connectivity index (χ2n) is 5.76. The number of rotatable bonds is 6. The largest absolute Gasteiger partial charge is 0.254 e. The van der Waals surface area contributed by atoms with E-state index in [2.05, 4.69) is 0 Å². The maximum atomic E-state index is 12.3. The molecule has 0 bridgehead atoms. The van der Waals surface area contributed by atoms with Gasteiger partial charge in [-0.25, -0.2) is 0 Å². The van der Waals surface area contributed by atoms with E-state index < -0.39 is 21.6 Å². The summed E-state index contributed by atoms with van der Waals surface area (Å²) in [7, 11) is -2.07. The molecule has 2 nitrogen and oxygen atoms in total. The lowest BCUT2D eigenvalue weighted by atomic mass is 10.2. The van der Waals surface area contributed by atoms with Gasteiger partial charge in [-0.1, -0.05) is 42.3 Å². The Morgan fingerprint density at radius 2 is 1.05 bits per heavy atom. The molecule has 0 aliphatic heterocycles. The van der Waals surface area contributed by atoms with Gasteiger partial charge < -0.3 is 0 Å². The van der Waals surface area contributed by atoms with E-state index >= 15 is 0 Å². The van der Waals surface area contributed by atoms with Crippen LogP contribution < -0.4 is 0 Å². The minimum atomic E-state index is -1.03. The topological polar surface area (TPSA) is 34.1 Å². The van der Waals surface area contributed by atoms with Gasteiger partial charge in [0.2, 0.25) is 0 Å². The molecule has 0 amide bonds. The summed E-state index contributed by atoms with van der Waals surface area (Å²) in [5.41, 5.74) is 2.32. The SMILES string of the molecule is Cc1ccc(S(=O)CC(C)CS(=O)c2ccc(C)cc2)cc1. The molecule has 0 N–H and O–H groups in total. The van der Waals surface area contributed by atoms with Crippen LogP contribution in [0.2, 0.25) is 0 Å². The maximum absolute atomic E-state index is 12.3. The van der Waals surface area contributed by atoms with E-state index in [1.165, 1.54) is 0 Å². The van der Waals surface area contributed by atoms with Crippen LogP contribution in [-0.2, 0) is 21.6 Å². The molecule has 0 saturated carbocycles. The summed E-state index contributed by atoms with van der Waals surface area (Å²) in [6.45, 7) is 6.04. The summed E-state index contributed by atoms with van der Waals surface area (Å²) < 4.78 is 24.7. The zero-order valence-corrected chi connectivity index (χ0v) is 14.9. The third kappa shape index (κ3) is 4.89. The number of hydrogen-bond donors (Lipinski definition) is 0. The van der Waals surface area contributed by atoms with E-state index in [1.54, 1.807) is 0 Å². The zero-order chi connectivity index (χ0) is 16.1. The average Bonchev–Trinajstić information content (AvgIpc) is 2.48. The molecule has 2 aromatic rings. The highest BCUT2D eigenvalue weighted by atomic mass is 32.2. The van der Waals surface area contributed by atoms with Crippen molar-refractivity contribution in [3.8, 4) is 0 Å².